The summed E-state index contributed by atoms with van der Waals surface area (Å²) in [4.78, 5) is 11.1. The van der Waals surface area contributed by atoms with Crippen LogP contribution in [0.15, 0.2) is 273 Å². The van der Waals surface area contributed by atoms with Crippen molar-refractivity contribution in [3.63, 3.8) is 0 Å². The number of nitrogens with zero attached hydrogens (tertiary/aromatic N) is 5. The highest BCUT2D eigenvalue weighted by Gasteiger charge is 2.37. The van der Waals surface area contributed by atoms with Gasteiger partial charge in [-0.2, -0.15) is 0 Å². The first-order valence-electron chi connectivity index (χ1n) is 30.3. The zero-order chi connectivity index (χ0) is 57.9. The molecule has 0 N–H and O–H groups in total. The van der Waals surface area contributed by atoms with Crippen LogP contribution in [0.3, 0.4) is 0 Å². The SMILES string of the molecule is CC1(C)c2ccccc2-c2ccc(-n3c4ccccc4c4ccc(-c5ccc6c7ccc(-c8ccc9c%10ccccc%10n(-c%10ccc%11c(c%10)C(C)(C)c%10ccccc%10-%11)c9c8)cc7n(-c7nc(-c8ccccc8)cc(-c8ccccc8)n7)c6c5)cc43)cc21. The van der Waals surface area contributed by atoms with E-state index >= 15 is 0 Å². The Bertz CT molecular complexity index is 5240. The van der Waals surface area contributed by atoms with Crippen molar-refractivity contribution in [1.82, 2.24) is 23.7 Å². The molecule has 4 heterocycles. The van der Waals surface area contributed by atoms with E-state index in [-0.39, 0.29) is 10.8 Å². The predicted octanol–water partition coefficient (Wildman–Crippen LogP) is 21.0. The molecule has 0 saturated carbocycles. The molecule has 0 aliphatic heterocycles. The van der Waals surface area contributed by atoms with Gasteiger partial charge in [-0.1, -0.05) is 234 Å². The highest BCUT2D eigenvalue weighted by atomic mass is 15.2. The summed E-state index contributed by atoms with van der Waals surface area (Å²) < 4.78 is 7.26. The molecule has 2 aliphatic rings. The lowest BCUT2D eigenvalue weighted by molar-refractivity contribution is 0.660. The van der Waals surface area contributed by atoms with Crippen molar-refractivity contribution in [2.45, 2.75) is 38.5 Å². The van der Waals surface area contributed by atoms with Gasteiger partial charge in [0.1, 0.15) is 0 Å². The maximum Gasteiger partial charge on any atom is 0.235 e. The van der Waals surface area contributed by atoms with E-state index in [4.69, 9.17) is 9.97 Å². The zero-order valence-electron chi connectivity index (χ0n) is 48.7. The molecule has 0 bridgehead atoms. The Hall–Kier alpha value is -10.9. The molecule has 0 atom stereocenters. The van der Waals surface area contributed by atoms with Crippen LogP contribution in [0.5, 0.6) is 0 Å². The average Bonchev–Trinajstić information content (AvgIpc) is 1.66. The molecule has 0 amide bonds. The van der Waals surface area contributed by atoms with Crippen LogP contribution >= 0.6 is 0 Å². The molecule has 87 heavy (non-hydrogen) atoms. The minimum absolute atomic E-state index is 0.128. The van der Waals surface area contributed by atoms with Gasteiger partial charge in [-0.15, -0.1) is 0 Å². The third kappa shape index (κ3) is 7.27. The number of rotatable bonds is 7. The van der Waals surface area contributed by atoms with Crippen molar-refractivity contribution in [3.05, 3.63) is 295 Å². The van der Waals surface area contributed by atoms with E-state index in [2.05, 4.69) is 314 Å². The second kappa shape index (κ2) is 18.3. The number of benzene rings is 12. The molecule has 0 radical (unpaired) electrons. The van der Waals surface area contributed by atoms with Crippen LogP contribution in [0, 0.1) is 0 Å². The van der Waals surface area contributed by atoms with E-state index in [0.717, 1.165) is 77.9 Å². The van der Waals surface area contributed by atoms with Crippen LogP contribution in [0.1, 0.15) is 49.9 Å². The molecule has 16 aromatic rings. The molecule has 0 fully saturated rings. The van der Waals surface area contributed by atoms with Crippen molar-refractivity contribution in [2.75, 3.05) is 0 Å². The minimum atomic E-state index is -0.128. The number of hydrogen-bond donors (Lipinski definition) is 0. The Kier molecular flexibility index (Phi) is 10.4. The maximum atomic E-state index is 5.54. The van der Waals surface area contributed by atoms with Gasteiger partial charge in [0, 0.05) is 65.6 Å². The normalized spacial score (nSPS) is 13.7. The van der Waals surface area contributed by atoms with E-state index in [1.165, 1.54) is 88.1 Å². The zero-order valence-corrected chi connectivity index (χ0v) is 48.7. The summed E-state index contributed by atoms with van der Waals surface area (Å²) in [6, 6.07) is 101. The van der Waals surface area contributed by atoms with E-state index < -0.39 is 0 Å². The van der Waals surface area contributed by atoms with Crippen LogP contribution in [-0.2, 0) is 10.8 Å². The Morgan fingerprint density at radius 2 is 0.575 bits per heavy atom. The van der Waals surface area contributed by atoms with Crippen molar-refractivity contribution in [2.24, 2.45) is 0 Å². The third-order valence-electron chi connectivity index (χ3n) is 19.5. The molecule has 410 valence electrons. The van der Waals surface area contributed by atoms with Crippen LogP contribution < -0.4 is 0 Å². The fraction of sp³-hybridized carbons (Fsp3) is 0.0732. The summed E-state index contributed by atoms with van der Waals surface area (Å²) in [5.74, 6) is 0.610. The molecule has 12 aromatic carbocycles. The summed E-state index contributed by atoms with van der Waals surface area (Å²) >= 11 is 0. The summed E-state index contributed by atoms with van der Waals surface area (Å²) in [5, 5.41) is 7.17. The first-order valence-corrected chi connectivity index (χ1v) is 30.3. The van der Waals surface area contributed by atoms with Crippen LogP contribution in [0.4, 0.5) is 0 Å². The number of para-hydroxylation sites is 2. The van der Waals surface area contributed by atoms with E-state index in [1.54, 1.807) is 0 Å². The fourth-order valence-electron chi connectivity index (χ4n) is 15.2. The van der Waals surface area contributed by atoms with E-state index in [1.807, 2.05) is 0 Å². The molecule has 0 unspecified atom stereocenters. The van der Waals surface area contributed by atoms with Crippen LogP contribution in [0.2, 0.25) is 0 Å². The summed E-state index contributed by atoms with van der Waals surface area (Å²) in [5.41, 5.74) is 27.8. The van der Waals surface area contributed by atoms with Gasteiger partial charge >= 0.3 is 0 Å². The summed E-state index contributed by atoms with van der Waals surface area (Å²) in [6.07, 6.45) is 0. The van der Waals surface area contributed by atoms with Gasteiger partial charge in [-0.05, 0) is 133 Å². The third-order valence-corrected chi connectivity index (χ3v) is 19.5. The van der Waals surface area contributed by atoms with Gasteiger partial charge in [-0.25, -0.2) is 9.97 Å². The lowest BCUT2D eigenvalue weighted by Crippen LogP contribution is -2.15. The van der Waals surface area contributed by atoms with Gasteiger partial charge in [0.2, 0.25) is 5.95 Å². The van der Waals surface area contributed by atoms with Gasteiger partial charge in [0.15, 0.2) is 0 Å². The molecule has 0 spiro atoms. The standard InChI is InChI=1S/C82H57N5/c1-81(2)68-27-15-11-23-58(68)60-41-35-56(47-70(60)81)85-74-29-17-13-25-62(74)64-37-31-52(43-76(64)85)54-33-39-66-67-40-34-55(46-79(67)87(78(66)45-54)80-83-72(50-19-7-5-8-20-50)49-73(84-80)51-21-9-6-10-22-51)53-32-38-65-63-26-14-18-30-75(63)86(77(65)44-53)57-36-42-61-59-24-12-16-28-69(59)82(3,4)71(61)48-57/h5-49H,1-4H3. The van der Waals surface area contributed by atoms with Crippen LogP contribution in [-0.4, -0.2) is 23.7 Å². The molecule has 18 rings (SSSR count). The highest BCUT2D eigenvalue weighted by Crippen LogP contribution is 2.52. The first-order chi connectivity index (χ1) is 42.6. The first kappa shape index (κ1) is 49.5. The lowest BCUT2D eigenvalue weighted by Gasteiger charge is -2.22. The van der Waals surface area contributed by atoms with Gasteiger partial charge in [0.25, 0.3) is 0 Å². The molecule has 2 aliphatic carbocycles. The van der Waals surface area contributed by atoms with Crippen molar-refractivity contribution in [3.8, 4) is 84.3 Å². The fourth-order valence-corrected chi connectivity index (χ4v) is 15.2. The Balaban J connectivity index is 0.839. The molecule has 5 nitrogen and oxygen atoms in total. The predicted molar refractivity (Wildman–Crippen MR) is 362 cm³/mol. The van der Waals surface area contributed by atoms with Gasteiger partial charge in [0.05, 0.1) is 44.5 Å². The lowest BCUT2D eigenvalue weighted by atomic mass is 9.82. The second-order valence-electron chi connectivity index (χ2n) is 24.9. The smallest absolute Gasteiger partial charge is 0.235 e. The molecule has 4 aromatic heterocycles. The van der Waals surface area contributed by atoms with E-state index in [0.29, 0.717) is 5.95 Å². The molecular weight excluding hydrogens is 1050 g/mol. The number of hydrogen-bond acceptors (Lipinski definition) is 2. The van der Waals surface area contributed by atoms with Crippen LogP contribution in [0.25, 0.3) is 150 Å². The summed E-state index contributed by atoms with van der Waals surface area (Å²) in [6.45, 7) is 9.45. The number of aromatic nitrogens is 5. The number of fused-ring (bicyclic) bond motifs is 15. The Morgan fingerprint density at radius 1 is 0.241 bits per heavy atom. The average molecular weight is 1110 g/mol. The molecule has 0 saturated heterocycles. The van der Waals surface area contributed by atoms with Crippen molar-refractivity contribution in [1.29, 1.82) is 0 Å². The quantitative estimate of drug-likeness (QED) is 0.160. The largest absolute Gasteiger partial charge is 0.309 e. The Morgan fingerprint density at radius 3 is 0.989 bits per heavy atom. The van der Waals surface area contributed by atoms with Gasteiger partial charge < -0.3 is 9.13 Å². The second-order valence-corrected chi connectivity index (χ2v) is 24.9. The molecule has 5 heteroatoms. The minimum Gasteiger partial charge on any atom is -0.309 e. The topological polar surface area (TPSA) is 40.6 Å². The van der Waals surface area contributed by atoms with Crippen molar-refractivity contribution < 1.29 is 0 Å². The van der Waals surface area contributed by atoms with E-state index in [9.17, 15) is 0 Å². The maximum absolute atomic E-state index is 5.54. The highest BCUT2D eigenvalue weighted by molar-refractivity contribution is 6.14. The monoisotopic (exact) mass is 1110 g/mol. The summed E-state index contributed by atoms with van der Waals surface area (Å²) in [7, 11) is 0. The van der Waals surface area contributed by atoms with Gasteiger partial charge in [-0.3, -0.25) is 4.57 Å². The van der Waals surface area contributed by atoms with Crippen molar-refractivity contribution >= 4 is 65.4 Å². The Labute approximate surface area is 504 Å². The molecular formula is C82H57N5.